The fourth-order valence-corrected chi connectivity index (χ4v) is 7.72. The highest BCUT2D eigenvalue weighted by molar-refractivity contribution is 5.20. The van der Waals surface area contributed by atoms with Gasteiger partial charge in [-0.05, 0) is 112 Å². The van der Waals surface area contributed by atoms with Crippen LogP contribution in [0.25, 0.3) is 0 Å². The van der Waals surface area contributed by atoms with E-state index < -0.39 is 0 Å². The number of hydrogen-bond donors (Lipinski definition) is 2. The molecule has 3 unspecified atom stereocenters. The summed E-state index contributed by atoms with van der Waals surface area (Å²) < 4.78 is 0. The quantitative estimate of drug-likeness (QED) is 0.604. The molecule has 2 heteroatoms. The van der Waals surface area contributed by atoms with Gasteiger partial charge >= 0.3 is 0 Å². The molecule has 27 heavy (non-hydrogen) atoms. The molecule has 2 nitrogen and oxygen atoms in total. The third-order valence-corrected chi connectivity index (χ3v) is 9.25. The minimum atomic E-state index is -0.0941. The maximum Gasteiger partial charge on any atom is 0.0577 e. The summed E-state index contributed by atoms with van der Waals surface area (Å²) in [5.74, 6) is 4.80. The maximum atomic E-state index is 10.6. The molecule has 4 rings (SSSR count). The molecule has 0 radical (unpaired) electrons. The first-order valence-electron chi connectivity index (χ1n) is 11.9. The Hall–Kier alpha value is -0.340. The van der Waals surface area contributed by atoms with E-state index in [0.29, 0.717) is 11.3 Å². The fourth-order valence-electron chi connectivity index (χ4n) is 7.72. The van der Waals surface area contributed by atoms with Crippen LogP contribution in [0, 0.1) is 40.9 Å². The lowest BCUT2D eigenvalue weighted by Crippen LogP contribution is -2.46. The summed E-state index contributed by atoms with van der Waals surface area (Å²) in [6, 6.07) is 0. The zero-order chi connectivity index (χ0) is 19.2. The number of hydrogen-bond acceptors (Lipinski definition) is 2. The summed E-state index contributed by atoms with van der Waals surface area (Å²) in [5.41, 5.74) is 2.05. The number of aliphatic hydroxyl groups excluding tert-OH is 2. The smallest absolute Gasteiger partial charge is 0.0577 e. The first-order chi connectivity index (χ1) is 12.9. The normalized spacial score (nSPS) is 45.0. The van der Waals surface area contributed by atoms with Crippen molar-refractivity contribution in [3.05, 3.63) is 11.6 Å². The van der Waals surface area contributed by atoms with Gasteiger partial charge in [-0.15, -0.1) is 0 Å². The van der Waals surface area contributed by atoms with Crippen LogP contribution in [0.2, 0.25) is 0 Å². The second-order valence-electron chi connectivity index (χ2n) is 11.2. The van der Waals surface area contributed by atoms with Crippen LogP contribution >= 0.6 is 0 Å². The summed E-state index contributed by atoms with van der Waals surface area (Å²) in [4.78, 5) is 0. The average Bonchev–Trinajstić information content (AvgIpc) is 2.96. The maximum absolute atomic E-state index is 10.6. The molecule has 0 aromatic rings. The van der Waals surface area contributed by atoms with Crippen molar-refractivity contribution in [2.24, 2.45) is 40.9 Å². The van der Waals surface area contributed by atoms with E-state index >= 15 is 0 Å². The summed E-state index contributed by atoms with van der Waals surface area (Å²) in [6.45, 7) is 7.09. The zero-order valence-corrected chi connectivity index (χ0v) is 17.9. The first kappa shape index (κ1) is 20.0. The summed E-state index contributed by atoms with van der Waals surface area (Å²) in [6.07, 6.45) is 15.4. The van der Waals surface area contributed by atoms with E-state index in [0.717, 1.165) is 61.7 Å². The standard InChI is InChI=1S/C25H42O2/c1-16(2)4-7-20(27)15-18-6-11-24-23-9-5-17-14-19(26)8-10-21(17)22(23)12-13-25(18,24)3/h5,16,18-24,26-27H,4,6-15H2,1-3H3/t18-,19+,20?,21+,22?,23-,24?,25-/m1/s1. The summed E-state index contributed by atoms with van der Waals surface area (Å²) in [7, 11) is 0. The molecule has 0 bridgehead atoms. The van der Waals surface area contributed by atoms with Gasteiger partial charge in [0.15, 0.2) is 0 Å². The molecule has 0 heterocycles. The van der Waals surface area contributed by atoms with E-state index in [4.69, 9.17) is 0 Å². The van der Waals surface area contributed by atoms with Crippen LogP contribution < -0.4 is 0 Å². The van der Waals surface area contributed by atoms with Crippen molar-refractivity contribution in [1.29, 1.82) is 0 Å². The summed E-state index contributed by atoms with van der Waals surface area (Å²) >= 11 is 0. The molecule has 8 atom stereocenters. The van der Waals surface area contributed by atoms with Gasteiger partial charge in [-0.2, -0.15) is 0 Å². The van der Waals surface area contributed by atoms with Gasteiger partial charge in [0.05, 0.1) is 12.2 Å². The number of fused-ring (bicyclic) bond motifs is 5. The Morgan fingerprint density at radius 2 is 1.89 bits per heavy atom. The third kappa shape index (κ3) is 3.78. The van der Waals surface area contributed by atoms with Gasteiger partial charge in [0.1, 0.15) is 0 Å². The van der Waals surface area contributed by atoms with E-state index in [9.17, 15) is 10.2 Å². The number of rotatable bonds is 5. The van der Waals surface area contributed by atoms with Crippen LogP contribution in [0.1, 0.15) is 91.4 Å². The Balaban J connectivity index is 1.44. The van der Waals surface area contributed by atoms with Crippen molar-refractivity contribution < 1.29 is 10.2 Å². The van der Waals surface area contributed by atoms with Crippen LogP contribution in [0.5, 0.6) is 0 Å². The van der Waals surface area contributed by atoms with Crippen molar-refractivity contribution in [2.75, 3.05) is 0 Å². The molecule has 3 saturated carbocycles. The molecule has 0 amide bonds. The average molecular weight is 375 g/mol. The molecule has 0 saturated heterocycles. The van der Waals surface area contributed by atoms with Crippen LogP contribution in [0.15, 0.2) is 11.6 Å². The largest absolute Gasteiger partial charge is 0.393 e. The fraction of sp³-hybridized carbons (Fsp3) is 0.920. The van der Waals surface area contributed by atoms with E-state index in [1.54, 1.807) is 5.57 Å². The van der Waals surface area contributed by atoms with Crippen LogP contribution in [0.4, 0.5) is 0 Å². The minimum absolute atomic E-state index is 0.0823. The zero-order valence-electron chi connectivity index (χ0n) is 17.9. The molecule has 2 N–H and O–H groups in total. The molecule has 3 fully saturated rings. The Kier molecular flexibility index (Phi) is 5.78. The lowest BCUT2D eigenvalue weighted by atomic mass is 9.51. The van der Waals surface area contributed by atoms with Gasteiger partial charge in [0, 0.05) is 0 Å². The summed E-state index contributed by atoms with van der Waals surface area (Å²) in [5, 5.41) is 20.7. The lowest BCUT2D eigenvalue weighted by molar-refractivity contribution is -0.0283. The molecule has 0 aromatic heterocycles. The monoisotopic (exact) mass is 374 g/mol. The molecular formula is C25H42O2. The van der Waals surface area contributed by atoms with E-state index in [2.05, 4.69) is 26.8 Å². The minimum Gasteiger partial charge on any atom is -0.393 e. The molecule has 0 aromatic carbocycles. The third-order valence-electron chi connectivity index (χ3n) is 9.25. The second kappa shape index (κ2) is 7.82. The van der Waals surface area contributed by atoms with Gasteiger partial charge in [0.2, 0.25) is 0 Å². The Morgan fingerprint density at radius 3 is 2.67 bits per heavy atom. The molecule has 154 valence electrons. The van der Waals surface area contributed by atoms with E-state index in [1.165, 1.54) is 38.5 Å². The Bertz CT molecular complexity index is 553. The van der Waals surface area contributed by atoms with E-state index in [1.807, 2.05) is 0 Å². The Labute approximate surface area is 166 Å². The van der Waals surface area contributed by atoms with Gasteiger partial charge in [-0.3, -0.25) is 0 Å². The van der Waals surface area contributed by atoms with Crippen molar-refractivity contribution in [2.45, 2.75) is 104 Å². The van der Waals surface area contributed by atoms with Crippen LogP contribution in [0.3, 0.4) is 0 Å². The van der Waals surface area contributed by atoms with Gasteiger partial charge in [-0.1, -0.05) is 32.4 Å². The highest BCUT2D eigenvalue weighted by atomic mass is 16.3. The lowest BCUT2D eigenvalue weighted by Gasteiger charge is -2.54. The predicted molar refractivity (Wildman–Crippen MR) is 111 cm³/mol. The topological polar surface area (TPSA) is 40.5 Å². The Morgan fingerprint density at radius 1 is 1.07 bits per heavy atom. The van der Waals surface area contributed by atoms with Gasteiger partial charge in [-0.25, -0.2) is 0 Å². The predicted octanol–water partition coefficient (Wildman–Crippen LogP) is 5.72. The molecule has 4 aliphatic carbocycles. The van der Waals surface area contributed by atoms with Crippen LogP contribution in [-0.4, -0.2) is 22.4 Å². The highest BCUT2D eigenvalue weighted by Gasteiger charge is 2.55. The number of aliphatic hydroxyl groups is 2. The second-order valence-corrected chi connectivity index (χ2v) is 11.2. The molecular weight excluding hydrogens is 332 g/mol. The molecule has 4 aliphatic rings. The molecule has 0 spiro atoms. The van der Waals surface area contributed by atoms with Crippen molar-refractivity contribution in [3.63, 3.8) is 0 Å². The van der Waals surface area contributed by atoms with Crippen molar-refractivity contribution in [1.82, 2.24) is 0 Å². The SMILES string of the molecule is CC(C)CCC(O)C[C@H]1CCC2[C@@H]3CC=C4C[C@@H](O)CC[C@@H]4C3CC[C@@]21C. The van der Waals surface area contributed by atoms with Crippen LogP contribution in [-0.2, 0) is 0 Å². The van der Waals surface area contributed by atoms with E-state index in [-0.39, 0.29) is 12.2 Å². The van der Waals surface area contributed by atoms with Gasteiger partial charge in [0.25, 0.3) is 0 Å². The molecule has 0 aliphatic heterocycles. The first-order valence-corrected chi connectivity index (χ1v) is 11.9. The highest BCUT2D eigenvalue weighted by Crippen LogP contribution is 2.64. The van der Waals surface area contributed by atoms with Gasteiger partial charge < -0.3 is 10.2 Å². The number of allylic oxidation sites excluding steroid dienone is 1. The van der Waals surface area contributed by atoms with Crippen molar-refractivity contribution >= 4 is 0 Å². The van der Waals surface area contributed by atoms with Crippen molar-refractivity contribution in [3.8, 4) is 0 Å².